The zero-order valence-corrected chi connectivity index (χ0v) is 6.56. The van der Waals surface area contributed by atoms with Gasteiger partial charge in [-0.25, -0.2) is 0 Å². The largest absolute Gasteiger partial charge is 0.299 e. The molecule has 2 aliphatic rings. The summed E-state index contributed by atoms with van der Waals surface area (Å²) in [7, 11) is 0. The van der Waals surface area contributed by atoms with Crippen LogP contribution in [0.1, 0.15) is 38.5 Å². The highest BCUT2D eigenvalue weighted by atomic mass is 16.2. The summed E-state index contributed by atoms with van der Waals surface area (Å²) >= 11 is 0. The van der Waals surface area contributed by atoms with Crippen molar-refractivity contribution < 1.29 is 9.59 Å². The van der Waals surface area contributed by atoms with Gasteiger partial charge in [-0.05, 0) is 12.8 Å². The molecular formula is C9H12O2. The van der Waals surface area contributed by atoms with Crippen LogP contribution in [0, 0.1) is 5.41 Å². The van der Waals surface area contributed by atoms with Crippen LogP contribution in [0.3, 0.4) is 0 Å². The van der Waals surface area contributed by atoms with Crippen molar-refractivity contribution in [3.8, 4) is 0 Å². The predicted molar refractivity (Wildman–Crippen MR) is 40.1 cm³/mol. The van der Waals surface area contributed by atoms with Crippen LogP contribution in [0.25, 0.3) is 0 Å². The fourth-order valence-electron chi connectivity index (χ4n) is 2.40. The predicted octanol–water partition coefficient (Wildman–Crippen LogP) is 1.48. The van der Waals surface area contributed by atoms with Crippen LogP contribution in [0.2, 0.25) is 0 Å². The summed E-state index contributed by atoms with van der Waals surface area (Å²) in [5.74, 6) is 0.444. The molecule has 0 aliphatic heterocycles. The standard InChI is InChI=1S/C9H12O2/c10-7-3-4-8(11)9(7)5-1-2-6-9/h1-6H2. The highest BCUT2D eigenvalue weighted by Crippen LogP contribution is 2.45. The minimum atomic E-state index is -0.472. The third-order valence-corrected chi connectivity index (χ3v) is 3.10. The number of hydrogen-bond acceptors (Lipinski definition) is 2. The normalized spacial score (nSPS) is 28.7. The van der Waals surface area contributed by atoms with E-state index in [4.69, 9.17) is 0 Å². The minimum absolute atomic E-state index is 0.222. The zero-order valence-electron chi connectivity index (χ0n) is 6.56. The quantitative estimate of drug-likeness (QED) is 0.493. The topological polar surface area (TPSA) is 34.1 Å². The number of carbonyl (C=O) groups excluding carboxylic acids is 2. The second-order valence-corrected chi connectivity index (χ2v) is 3.64. The van der Waals surface area contributed by atoms with Gasteiger partial charge < -0.3 is 0 Å². The van der Waals surface area contributed by atoms with E-state index in [0.29, 0.717) is 12.8 Å². The first-order valence-electron chi connectivity index (χ1n) is 4.32. The number of rotatable bonds is 0. The van der Waals surface area contributed by atoms with Crippen molar-refractivity contribution in [2.24, 2.45) is 5.41 Å². The van der Waals surface area contributed by atoms with Gasteiger partial charge in [0.05, 0.1) is 5.41 Å². The molecule has 0 bridgehead atoms. The smallest absolute Gasteiger partial charge is 0.146 e. The summed E-state index contributed by atoms with van der Waals surface area (Å²) in [4.78, 5) is 22.8. The molecule has 0 atom stereocenters. The molecule has 0 heterocycles. The first-order chi connectivity index (χ1) is 5.26. The molecule has 0 aromatic rings. The monoisotopic (exact) mass is 152 g/mol. The van der Waals surface area contributed by atoms with Crippen molar-refractivity contribution in [2.45, 2.75) is 38.5 Å². The van der Waals surface area contributed by atoms with Crippen molar-refractivity contribution in [3.63, 3.8) is 0 Å². The molecule has 2 nitrogen and oxygen atoms in total. The summed E-state index contributed by atoms with van der Waals surface area (Å²) in [6.45, 7) is 0. The number of Topliss-reactive ketones (excluding diaryl/α,β-unsaturated/α-hetero) is 2. The van der Waals surface area contributed by atoms with E-state index < -0.39 is 5.41 Å². The van der Waals surface area contributed by atoms with Gasteiger partial charge in [0, 0.05) is 12.8 Å². The zero-order chi connectivity index (χ0) is 7.90. The molecule has 11 heavy (non-hydrogen) atoms. The Morgan fingerprint density at radius 3 is 1.82 bits per heavy atom. The molecule has 2 fully saturated rings. The van der Waals surface area contributed by atoms with Crippen LogP contribution >= 0.6 is 0 Å². The van der Waals surface area contributed by atoms with E-state index in [0.717, 1.165) is 25.7 Å². The van der Waals surface area contributed by atoms with Crippen molar-refractivity contribution in [3.05, 3.63) is 0 Å². The molecule has 60 valence electrons. The Labute approximate surface area is 66.0 Å². The third kappa shape index (κ3) is 0.784. The van der Waals surface area contributed by atoms with Crippen LogP contribution in [0.15, 0.2) is 0 Å². The van der Waals surface area contributed by atoms with Gasteiger partial charge in [0.1, 0.15) is 11.6 Å². The maximum absolute atomic E-state index is 11.4. The molecule has 2 rings (SSSR count). The molecular weight excluding hydrogens is 140 g/mol. The average Bonchev–Trinajstić information content (AvgIpc) is 2.56. The van der Waals surface area contributed by atoms with Gasteiger partial charge >= 0.3 is 0 Å². The molecule has 2 heteroatoms. The number of hydrogen-bond donors (Lipinski definition) is 0. The Kier molecular flexibility index (Phi) is 1.38. The lowest BCUT2D eigenvalue weighted by atomic mass is 9.83. The molecule has 0 amide bonds. The van der Waals surface area contributed by atoms with Crippen molar-refractivity contribution >= 4 is 11.6 Å². The Morgan fingerprint density at radius 1 is 0.909 bits per heavy atom. The van der Waals surface area contributed by atoms with Crippen LogP contribution in [0.4, 0.5) is 0 Å². The highest BCUT2D eigenvalue weighted by molar-refractivity contribution is 6.13. The molecule has 0 saturated heterocycles. The van der Waals surface area contributed by atoms with Crippen LogP contribution < -0.4 is 0 Å². The molecule has 0 radical (unpaired) electrons. The van der Waals surface area contributed by atoms with Crippen LogP contribution in [0.5, 0.6) is 0 Å². The van der Waals surface area contributed by atoms with Crippen molar-refractivity contribution in [1.29, 1.82) is 0 Å². The Hall–Kier alpha value is -0.660. The molecule has 1 spiro atoms. The lowest BCUT2D eigenvalue weighted by Crippen LogP contribution is -2.28. The Bertz CT molecular complexity index is 194. The highest BCUT2D eigenvalue weighted by Gasteiger charge is 2.50. The second kappa shape index (κ2) is 2.16. The lowest BCUT2D eigenvalue weighted by molar-refractivity contribution is -0.134. The van der Waals surface area contributed by atoms with Gasteiger partial charge in [-0.15, -0.1) is 0 Å². The van der Waals surface area contributed by atoms with Gasteiger partial charge in [-0.3, -0.25) is 9.59 Å². The van der Waals surface area contributed by atoms with Crippen LogP contribution in [-0.4, -0.2) is 11.6 Å². The lowest BCUT2D eigenvalue weighted by Gasteiger charge is -2.17. The average molecular weight is 152 g/mol. The van der Waals surface area contributed by atoms with Gasteiger partial charge in [-0.2, -0.15) is 0 Å². The van der Waals surface area contributed by atoms with Gasteiger partial charge in [0.15, 0.2) is 0 Å². The summed E-state index contributed by atoms with van der Waals surface area (Å²) in [6, 6.07) is 0. The first kappa shape index (κ1) is 7.01. The van der Waals surface area contributed by atoms with Crippen molar-refractivity contribution in [2.75, 3.05) is 0 Å². The van der Waals surface area contributed by atoms with Crippen molar-refractivity contribution in [1.82, 2.24) is 0 Å². The molecule has 2 saturated carbocycles. The molecule has 0 N–H and O–H groups in total. The minimum Gasteiger partial charge on any atom is -0.299 e. The van der Waals surface area contributed by atoms with Gasteiger partial charge in [0.25, 0.3) is 0 Å². The summed E-state index contributed by atoms with van der Waals surface area (Å²) in [5.41, 5.74) is -0.472. The van der Waals surface area contributed by atoms with E-state index in [1.807, 2.05) is 0 Å². The maximum atomic E-state index is 11.4. The second-order valence-electron chi connectivity index (χ2n) is 3.64. The molecule has 0 aromatic heterocycles. The number of ketones is 2. The fraction of sp³-hybridized carbons (Fsp3) is 0.778. The van der Waals surface area contributed by atoms with E-state index in [-0.39, 0.29) is 11.6 Å². The van der Waals surface area contributed by atoms with E-state index in [2.05, 4.69) is 0 Å². The number of carbonyl (C=O) groups is 2. The maximum Gasteiger partial charge on any atom is 0.146 e. The molecule has 0 aromatic carbocycles. The molecule has 0 unspecified atom stereocenters. The SMILES string of the molecule is O=C1CCC(=O)C12CCCC2. The fourth-order valence-corrected chi connectivity index (χ4v) is 2.40. The van der Waals surface area contributed by atoms with E-state index in [1.165, 1.54) is 0 Å². The van der Waals surface area contributed by atoms with Crippen LogP contribution in [-0.2, 0) is 9.59 Å². The van der Waals surface area contributed by atoms with Gasteiger partial charge in [-0.1, -0.05) is 12.8 Å². The van der Waals surface area contributed by atoms with E-state index in [1.54, 1.807) is 0 Å². The first-order valence-corrected chi connectivity index (χ1v) is 4.32. The Balaban J connectivity index is 2.33. The van der Waals surface area contributed by atoms with Gasteiger partial charge in [0.2, 0.25) is 0 Å². The summed E-state index contributed by atoms with van der Waals surface area (Å²) in [6.07, 6.45) is 4.84. The third-order valence-electron chi connectivity index (χ3n) is 3.10. The molecule has 2 aliphatic carbocycles. The van der Waals surface area contributed by atoms with E-state index in [9.17, 15) is 9.59 Å². The van der Waals surface area contributed by atoms with E-state index >= 15 is 0 Å². The summed E-state index contributed by atoms with van der Waals surface area (Å²) < 4.78 is 0. The summed E-state index contributed by atoms with van der Waals surface area (Å²) in [5, 5.41) is 0. The Morgan fingerprint density at radius 2 is 1.36 bits per heavy atom.